The van der Waals surface area contributed by atoms with E-state index in [-0.39, 0.29) is 24.6 Å². The van der Waals surface area contributed by atoms with Crippen LogP contribution in [0.1, 0.15) is 25.7 Å². The molecule has 1 saturated carbocycles. The van der Waals surface area contributed by atoms with Crippen LogP contribution in [0.5, 0.6) is 5.75 Å². The van der Waals surface area contributed by atoms with E-state index in [1.54, 1.807) is 24.3 Å². The van der Waals surface area contributed by atoms with Gasteiger partial charge >= 0.3 is 12.0 Å². The molecule has 0 aliphatic heterocycles. The molecule has 4 N–H and O–H groups in total. The number of benzene rings is 1. The number of nitrogens with one attached hydrogen (secondary N) is 3. The lowest BCUT2D eigenvalue weighted by atomic mass is 9.86. The Labute approximate surface area is 158 Å². The van der Waals surface area contributed by atoms with E-state index in [1.165, 1.54) is 0 Å². The zero-order valence-corrected chi connectivity index (χ0v) is 15.9. The quantitative estimate of drug-likeness (QED) is 0.488. The van der Waals surface area contributed by atoms with E-state index in [9.17, 15) is 18.0 Å². The zero-order valence-electron chi connectivity index (χ0n) is 15.1. The number of carbonyl (C=O) groups is 2. The van der Waals surface area contributed by atoms with Crippen LogP contribution < -0.4 is 20.1 Å². The molecule has 0 bridgehead atoms. The number of amides is 2. The molecular weight excluding hydrogens is 374 g/mol. The van der Waals surface area contributed by atoms with Crippen molar-refractivity contribution in [1.29, 1.82) is 0 Å². The standard InChI is InChI=1S/C17H25N3O6S/c1-27(24,25)20-14-6-8-15(9-7-14)26-11-10-18-17(23)19-13-4-2-12(3-5-13)16(21)22/h6-9,12-13,20H,2-5,10-11H2,1H3,(H,21,22)(H2,18,19,23). The second kappa shape index (κ2) is 9.45. The van der Waals surface area contributed by atoms with Crippen LogP contribution in [-0.4, -0.2) is 51.0 Å². The molecule has 1 aliphatic rings. The third-order valence-corrected chi connectivity index (χ3v) is 4.83. The van der Waals surface area contributed by atoms with Crippen LogP contribution in [0.25, 0.3) is 0 Å². The average Bonchev–Trinajstić information content (AvgIpc) is 2.59. The molecule has 0 spiro atoms. The second-order valence-electron chi connectivity index (χ2n) is 6.53. The zero-order chi connectivity index (χ0) is 19.9. The molecule has 1 aromatic carbocycles. The summed E-state index contributed by atoms with van der Waals surface area (Å²) in [5.74, 6) is -0.517. The predicted molar refractivity (Wildman–Crippen MR) is 100 cm³/mol. The van der Waals surface area contributed by atoms with Crippen molar-refractivity contribution >= 4 is 27.7 Å². The minimum Gasteiger partial charge on any atom is -0.492 e. The van der Waals surface area contributed by atoms with Gasteiger partial charge in [-0.3, -0.25) is 9.52 Å². The van der Waals surface area contributed by atoms with Crippen LogP contribution in [0.4, 0.5) is 10.5 Å². The summed E-state index contributed by atoms with van der Waals surface area (Å²) in [7, 11) is -3.31. The van der Waals surface area contributed by atoms with Gasteiger partial charge in [0.05, 0.1) is 18.7 Å². The normalized spacial score (nSPS) is 19.7. The molecule has 0 aromatic heterocycles. The minimum absolute atomic E-state index is 0.00333. The van der Waals surface area contributed by atoms with Crippen LogP contribution in [0, 0.1) is 5.92 Å². The van der Waals surface area contributed by atoms with Crippen molar-refractivity contribution in [1.82, 2.24) is 10.6 Å². The smallest absolute Gasteiger partial charge is 0.315 e. The van der Waals surface area contributed by atoms with Crippen molar-refractivity contribution in [3.8, 4) is 5.75 Å². The van der Waals surface area contributed by atoms with Crippen LogP contribution in [0.3, 0.4) is 0 Å². The Bertz CT molecular complexity index is 742. The Morgan fingerprint density at radius 1 is 1.15 bits per heavy atom. The first-order valence-corrected chi connectivity index (χ1v) is 10.6. The minimum atomic E-state index is -3.31. The number of carboxylic acid groups (broad SMARTS) is 1. The van der Waals surface area contributed by atoms with Gasteiger partial charge in [-0.2, -0.15) is 0 Å². The Morgan fingerprint density at radius 2 is 1.78 bits per heavy atom. The fraction of sp³-hybridized carbons (Fsp3) is 0.529. The number of ether oxygens (including phenoxy) is 1. The van der Waals surface area contributed by atoms with Gasteiger partial charge in [-0.1, -0.05) is 0 Å². The predicted octanol–water partition coefficient (Wildman–Crippen LogP) is 1.38. The number of aliphatic carboxylic acids is 1. The molecule has 150 valence electrons. The monoisotopic (exact) mass is 399 g/mol. The highest BCUT2D eigenvalue weighted by atomic mass is 32.2. The van der Waals surface area contributed by atoms with Gasteiger partial charge in [-0.05, 0) is 49.9 Å². The van der Waals surface area contributed by atoms with Crippen LogP contribution >= 0.6 is 0 Å². The molecule has 0 unspecified atom stereocenters. The molecular formula is C17H25N3O6S. The largest absolute Gasteiger partial charge is 0.492 e. The summed E-state index contributed by atoms with van der Waals surface area (Å²) < 4.78 is 30.1. The lowest BCUT2D eigenvalue weighted by molar-refractivity contribution is -0.142. The highest BCUT2D eigenvalue weighted by molar-refractivity contribution is 7.92. The van der Waals surface area contributed by atoms with Gasteiger partial charge in [0.25, 0.3) is 0 Å². The van der Waals surface area contributed by atoms with E-state index in [0.29, 0.717) is 43.7 Å². The molecule has 0 heterocycles. The number of urea groups is 1. The van der Waals surface area contributed by atoms with Crippen molar-refractivity contribution < 1.29 is 27.9 Å². The Hall–Kier alpha value is -2.49. The molecule has 0 radical (unpaired) electrons. The van der Waals surface area contributed by atoms with Crippen LogP contribution in [-0.2, 0) is 14.8 Å². The first-order valence-electron chi connectivity index (χ1n) is 8.71. The highest BCUT2D eigenvalue weighted by Crippen LogP contribution is 2.24. The van der Waals surface area contributed by atoms with Crippen molar-refractivity contribution in [2.24, 2.45) is 5.92 Å². The summed E-state index contributed by atoms with van der Waals surface area (Å²) >= 11 is 0. The second-order valence-corrected chi connectivity index (χ2v) is 8.28. The topological polar surface area (TPSA) is 134 Å². The summed E-state index contributed by atoms with van der Waals surface area (Å²) in [6.07, 6.45) is 3.55. The van der Waals surface area contributed by atoms with Gasteiger partial charge in [-0.25, -0.2) is 13.2 Å². The number of hydrogen-bond donors (Lipinski definition) is 4. The molecule has 1 aliphatic carbocycles. The van der Waals surface area contributed by atoms with Gasteiger partial charge in [0.1, 0.15) is 12.4 Å². The van der Waals surface area contributed by atoms with Crippen molar-refractivity contribution in [3.05, 3.63) is 24.3 Å². The van der Waals surface area contributed by atoms with Gasteiger partial charge in [0, 0.05) is 11.7 Å². The SMILES string of the molecule is CS(=O)(=O)Nc1ccc(OCCNC(=O)NC2CCC(C(=O)O)CC2)cc1. The Kier molecular flexibility index (Phi) is 7.28. The van der Waals surface area contributed by atoms with E-state index in [2.05, 4.69) is 15.4 Å². The fourth-order valence-electron chi connectivity index (χ4n) is 2.89. The summed E-state index contributed by atoms with van der Waals surface area (Å²) in [5.41, 5.74) is 0.444. The summed E-state index contributed by atoms with van der Waals surface area (Å²) in [6, 6.07) is 6.14. The molecule has 2 rings (SSSR count). The number of carbonyl (C=O) groups excluding carboxylic acids is 1. The highest BCUT2D eigenvalue weighted by Gasteiger charge is 2.26. The van der Waals surface area contributed by atoms with Gasteiger partial charge in [-0.15, -0.1) is 0 Å². The number of anilines is 1. The maximum atomic E-state index is 11.9. The maximum absolute atomic E-state index is 11.9. The maximum Gasteiger partial charge on any atom is 0.315 e. The number of sulfonamides is 1. The van der Waals surface area contributed by atoms with E-state index in [4.69, 9.17) is 9.84 Å². The number of carboxylic acids is 1. The number of rotatable bonds is 8. The van der Waals surface area contributed by atoms with E-state index in [0.717, 1.165) is 6.26 Å². The van der Waals surface area contributed by atoms with Crippen LogP contribution in [0.15, 0.2) is 24.3 Å². The molecule has 0 saturated heterocycles. The summed E-state index contributed by atoms with van der Waals surface area (Å²) in [4.78, 5) is 22.8. The summed E-state index contributed by atoms with van der Waals surface area (Å²) in [5, 5.41) is 14.5. The van der Waals surface area contributed by atoms with Crippen molar-refractivity contribution in [3.63, 3.8) is 0 Å². The van der Waals surface area contributed by atoms with E-state index in [1.807, 2.05) is 0 Å². The molecule has 9 nitrogen and oxygen atoms in total. The molecule has 1 aromatic rings. The first-order chi connectivity index (χ1) is 12.7. The summed E-state index contributed by atoms with van der Waals surface area (Å²) in [6.45, 7) is 0.567. The third kappa shape index (κ3) is 7.73. The average molecular weight is 399 g/mol. The molecule has 1 fully saturated rings. The molecule has 0 atom stereocenters. The lowest BCUT2D eigenvalue weighted by Crippen LogP contribution is -2.45. The van der Waals surface area contributed by atoms with Crippen molar-refractivity contribution in [2.45, 2.75) is 31.7 Å². The van der Waals surface area contributed by atoms with Crippen LogP contribution in [0.2, 0.25) is 0 Å². The first kappa shape index (κ1) is 20.8. The third-order valence-electron chi connectivity index (χ3n) is 4.23. The molecule has 27 heavy (non-hydrogen) atoms. The number of hydrogen-bond acceptors (Lipinski definition) is 5. The van der Waals surface area contributed by atoms with Crippen molar-refractivity contribution in [2.75, 3.05) is 24.1 Å². The lowest BCUT2D eigenvalue weighted by Gasteiger charge is -2.26. The molecule has 2 amide bonds. The Morgan fingerprint density at radius 3 is 2.33 bits per heavy atom. The molecule has 10 heteroatoms. The van der Waals surface area contributed by atoms with E-state index >= 15 is 0 Å². The van der Waals surface area contributed by atoms with Gasteiger partial charge in [0.15, 0.2) is 0 Å². The Balaban J connectivity index is 1.62. The fourth-order valence-corrected chi connectivity index (χ4v) is 3.45. The van der Waals surface area contributed by atoms with Gasteiger partial charge in [0.2, 0.25) is 10.0 Å². The van der Waals surface area contributed by atoms with Gasteiger partial charge < -0.3 is 20.5 Å². The van der Waals surface area contributed by atoms with E-state index < -0.39 is 16.0 Å².